The molecule has 28 heavy (non-hydrogen) atoms. The van der Waals surface area contributed by atoms with Crippen molar-refractivity contribution in [2.75, 3.05) is 32.5 Å². The van der Waals surface area contributed by atoms with Crippen molar-refractivity contribution in [2.45, 2.75) is 4.90 Å². The van der Waals surface area contributed by atoms with E-state index >= 15 is 0 Å². The summed E-state index contributed by atoms with van der Waals surface area (Å²) < 4.78 is 47.9. The minimum absolute atomic E-state index is 0.0245. The Morgan fingerprint density at radius 2 is 1.68 bits per heavy atom. The van der Waals surface area contributed by atoms with E-state index in [2.05, 4.69) is 0 Å². The van der Waals surface area contributed by atoms with Crippen LogP contribution in [0.5, 0.6) is 0 Å². The topological polar surface area (TPSA) is 119 Å². The van der Waals surface area contributed by atoms with Crippen molar-refractivity contribution < 1.29 is 36.8 Å². The number of nitrogens with zero attached hydrogens (tertiary/aromatic N) is 1. The fourth-order valence-electron chi connectivity index (χ4n) is 3.05. The lowest BCUT2D eigenvalue weighted by molar-refractivity contribution is -0.140. The molecule has 0 saturated carbocycles. The molecule has 9 nitrogen and oxygen atoms in total. The highest BCUT2D eigenvalue weighted by atomic mass is 32.2. The Hall–Kier alpha value is -2.95. The van der Waals surface area contributed by atoms with Crippen molar-refractivity contribution in [1.29, 1.82) is 0 Å². The lowest BCUT2D eigenvalue weighted by atomic mass is 10.1. The number of hydrogen-bond acceptors (Lipinski definition) is 8. The van der Waals surface area contributed by atoms with Crippen LogP contribution in [0.4, 0.5) is 5.69 Å². The summed E-state index contributed by atoms with van der Waals surface area (Å²) in [5, 5.41) is 0.672. The van der Waals surface area contributed by atoms with Gasteiger partial charge in [-0.25, -0.2) is 9.59 Å². The molecule has 0 aliphatic carbocycles. The number of carbonyl (C=O) groups excluding carboxylic acids is 2. The zero-order chi connectivity index (χ0) is 20.5. The molecule has 2 aromatic carbocycles. The third kappa shape index (κ3) is 3.44. The van der Waals surface area contributed by atoms with Gasteiger partial charge in [-0.3, -0.25) is 4.55 Å². The first-order valence-corrected chi connectivity index (χ1v) is 9.48. The molecule has 0 aromatic heterocycles. The van der Waals surface area contributed by atoms with Crippen LogP contribution in [0.2, 0.25) is 0 Å². The second kappa shape index (κ2) is 7.58. The number of benzene rings is 2. The fraction of sp³-hybridized carbons (Fsp3) is 0.222. The molecule has 0 amide bonds. The maximum absolute atomic E-state index is 12.4. The van der Waals surface area contributed by atoms with Crippen LogP contribution in [0, 0.1) is 0 Å². The second-order valence-corrected chi connectivity index (χ2v) is 7.21. The molecule has 1 N–H and O–H groups in total. The number of carbonyl (C=O) groups is 2. The van der Waals surface area contributed by atoms with E-state index in [4.69, 9.17) is 14.2 Å². The van der Waals surface area contributed by atoms with Gasteiger partial charge in [-0.1, -0.05) is 24.3 Å². The average molecular weight is 407 g/mol. The highest BCUT2D eigenvalue weighted by molar-refractivity contribution is 7.86. The molecule has 0 saturated heterocycles. The third-order valence-electron chi connectivity index (χ3n) is 4.26. The van der Waals surface area contributed by atoms with Gasteiger partial charge in [-0.2, -0.15) is 8.42 Å². The van der Waals surface area contributed by atoms with Crippen LogP contribution in [0.25, 0.3) is 10.8 Å². The molecule has 0 bridgehead atoms. The predicted octanol–water partition coefficient (Wildman–Crippen LogP) is 1.48. The molecule has 0 atom stereocenters. The van der Waals surface area contributed by atoms with E-state index in [0.29, 0.717) is 11.1 Å². The molecular weight excluding hydrogens is 390 g/mol. The maximum atomic E-state index is 12.4. The van der Waals surface area contributed by atoms with E-state index in [-0.39, 0.29) is 34.9 Å². The SMILES string of the molecule is COC(=O)C1=C(C(=O)OC)N(c2ccc(S(=O)(=O)O)c3ccccc23)COC1. The molecule has 1 heterocycles. The van der Waals surface area contributed by atoms with Gasteiger partial charge in [0.15, 0.2) is 0 Å². The minimum Gasteiger partial charge on any atom is -0.466 e. The Kier molecular flexibility index (Phi) is 5.36. The minimum atomic E-state index is -4.47. The summed E-state index contributed by atoms with van der Waals surface area (Å²) in [6.07, 6.45) is 0. The number of fused-ring (bicyclic) bond motifs is 1. The van der Waals surface area contributed by atoms with Crippen LogP contribution < -0.4 is 4.90 Å². The number of esters is 2. The lowest BCUT2D eigenvalue weighted by Gasteiger charge is -2.32. The van der Waals surface area contributed by atoms with Gasteiger partial charge in [0, 0.05) is 10.8 Å². The highest BCUT2D eigenvalue weighted by Gasteiger charge is 2.33. The molecule has 10 heteroatoms. The molecule has 3 rings (SSSR count). The number of hydrogen-bond donors (Lipinski definition) is 1. The zero-order valence-corrected chi connectivity index (χ0v) is 15.9. The van der Waals surface area contributed by atoms with Crippen molar-refractivity contribution in [2.24, 2.45) is 0 Å². The van der Waals surface area contributed by atoms with Crippen LogP contribution in [0.1, 0.15) is 0 Å². The van der Waals surface area contributed by atoms with Crippen LogP contribution in [0.15, 0.2) is 52.6 Å². The van der Waals surface area contributed by atoms with Gasteiger partial charge in [0.2, 0.25) is 0 Å². The summed E-state index contributed by atoms with van der Waals surface area (Å²) in [7, 11) is -2.11. The maximum Gasteiger partial charge on any atom is 0.355 e. The quantitative estimate of drug-likeness (QED) is 0.593. The van der Waals surface area contributed by atoms with Crippen LogP contribution in [0.3, 0.4) is 0 Å². The number of methoxy groups -OCH3 is 2. The van der Waals surface area contributed by atoms with E-state index < -0.39 is 22.1 Å². The van der Waals surface area contributed by atoms with E-state index in [0.717, 1.165) is 0 Å². The molecule has 0 unspecified atom stereocenters. The molecule has 1 aliphatic rings. The van der Waals surface area contributed by atoms with Gasteiger partial charge >= 0.3 is 11.9 Å². The Balaban J connectivity index is 2.29. The molecule has 0 fully saturated rings. The van der Waals surface area contributed by atoms with E-state index in [1.807, 2.05) is 0 Å². The Morgan fingerprint density at radius 1 is 1.04 bits per heavy atom. The standard InChI is InChI=1S/C18H17NO8S/c1-25-17(20)13-9-27-10-19(16(13)18(21)26-2)14-7-8-15(28(22,23)24)12-6-4-3-5-11(12)14/h3-8H,9-10H2,1-2H3,(H,22,23,24). The lowest BCUT2D eigenvalue weighted by Crippen LogP contribution is -2.38. The van der Waals surface area contributed by atoms with Gasteiger partial charge in [-0.05, 0) is 12.1 Å². The monoisotopic (exact) mass is 407 g/mol. The van der Waals surface area contributed by atoms with Crippen molar-refractivity contribution in [3.05, 3.63) is 47.7 Å². The number of rotatable bonds is 4. The largest absolute Gasteiger partial charge is 0.466 e. The van der Waals surface area contributed by atoms with Gasteiger partial charge in [-0.15, -0.1) is 0 Å². The Labute approximate surface area is 160 Å². The highest BCUT2D eigenvalue weighted by Crippen LogP contribution is 2.35. The average Bonchev–Trinajstić information content (AvgIpc) is 2.70. The first-order chi connectivity index (χ1) is 13.3. The van der Waals surface area contributed by atoms with E-state index in [1.165, 1.54) is 37.3 Å². The molecule has 148 valence electrons. The van der Waals surface area contributed by atoms with Gasteiger partial charge < -0.3 is 19.1 Å². The third-order valence-corrected chi connectivity index (χ3v) is 5.17. The summed E-state index contributed by atoms with van der Waals surface area (Å²) in [5.74, 6) is -1.52. The van der Waals surface area contributed by atoms with Crippen molar-refractivity contribution in [3.8, 4) is 0 Å². The summed E-state index contributed by atoms with van der Waals surface area (Å²) in [4.78, 5) is 25.7. The van der Waals surface area contributed by atoms with Crippen molar-refractivity contribution >= 4 is 38.5 Å². The predicted molar refractivity (Wildman–Crippen MR) is 98.1 cm³/mol. The molecule has 1 aliphatic heterocycles. The zero-order valence-electron chi connectivity index (χ0n) is 15.0. The summed E-state index contributed by atoms with van der Waals surface area (Å²) in [6, 6.07) is 9.07. The Morgan fingerprint density at radius 3 is 2.29 bits per heavy atom. The summed E-state index contributed by atoms with van der Waals surface area (Å²) in [6.45, 7) is -0.227. The normalized spacial score (nSPS) is 14.9. The molecule has 0 radical (unpaired) electrons. The molecule has 0 spiro atoms. The molecular formula is C18H17NO8S. The second-order valence-electron chi connectivity index (χ2n) is 5.82. The number of ether oxygens (including phenoxy) is 3. The van der Waals surface area contributed by atoms with Crippen molar-refractivity contribution in [1.82, 2.24) is 0 Å². The van der Waals surface area contributed by atoms with Crippen LogP contribution in [-0.2, 0) is 33.9 Å². The van der Waals surface area contributed by atoms with Crippen LogP contribution in [-0.4, -0.2) is 52.5 Å². The molecule has 2 aromatic rings. The van der Waals surface area contributed by atoms with Gasteiger partial charge in [0.25, 0.3) is 10.1 Å². The first-order valence-electron chi connectivity index (χ1n) is 8.04. The fourth-order valence-corrected chi connectivity index (χ4v) is 3.75. The van der Waals surface area contributed by atoms with E-state index in [1.54, 1.807) is 18.2 Å². The van der Waals surface area contributed by atoms with Gasteiger partial charge in [0.05, 0.1) is 32.1 Å². The summed E-state index contributed by atoms with van der Waals surface area (Å²) in [5.41, 5.74) is 0.304. The Bertz CT molecular complexity index is 1090. The number of anilines is 1. The van der Waals surface area contributed by atoms with Gasteiger partial charge in [0.1, 0.15) is 17.3 Å². The summed E-state index contributed by atoms with van der Waals surface area (Å²) >= 11 is 0. The van der Waals surface area contributed by atoms with E-state index in [9.17, 15) is 22.6 Å². The van der Waals surface area contributed by atoms with Crippen molar-refractivity contribution in [3.63, 3.8) is 0 Å². The smallest absolute Gasteiger partial charge is 0.355 e. The van der Waals surface area contributed by atoms with Crippen LogP contribution >= 0.6 is 0 Å². The first kappa shape index (κ1) is 19.8.